The van der Waals surface area contributed by atoms with Gasteiger partial charge in [-0.05, 0) is 20.3 Å². The van der Waals surface area contributed by atoms with Crippen molar-refractivity contribution in [2.75, 3.05) is 39.6 Å². The molecule has 0 radical (unpaired) electrons. The summed E-state index contributed by atoms with van der Waals surface area (Å²) in [5.41, 5.74) is 0. The molecule has 3 heterocycles. The van der Waals surface area contributed by atoms with Crippen molar-refractivity contribution in [3.8, 4) is 0 Å². The molecule has 0 unspecified atom stereocenters. The first-order chi connectivity index (χ1) is 10.0. The Kier molecular flexibility index (Phi) is 35.3. The summed E-state index contributed by atoms with van der Waals surface area (Å²) >= 11 is 0. The van der Waals surface area contributed by atoms with E-state index in [1.54, 1.807) is 0 Å². The predicted molar refractivity (Wildman–Crippen MR) is 121 cm³/mol. The lowest BCUT2D eigenvalue weighted by molar-refractivity contribution is -0.125. The highest BCUT2D eigenvalue weighted by atomic mass is 16.7. The quantitative estimate of drug-likeness (QED) is 0.555. The molecule has 0 aromatic rings. The van der Waals surface area contributed by atoms with Crippen LogP contribution in [0.3, 0.4) is 0 Å². The van der Waals surface area contributed by atoms with Gasteiger partial charge in [-0.15, -0.1) is 0 Å². The maximum Gasteiger partial charge on any atom is 0.180 e. The highest BCUT2D eigenvalue weighted by molar-refractivity contribution is 5.74. The fourth-order valence-corrected chi connectivity index (χ4v) is 1.87. The second-order valence-electron chi connectivity index (χ2n) is 5.31. The second-order valence-corrected chi connectivity index (χ2v) is 5.31. The summed E-state index contributed by atoms with van der Waals surface area (Å²) < 4.78 is 25.5. The van der Waals surface area contributed by atoms with Gasteiger partial charge in [0.2, 0.25) is 0 Å². The Morgan fingerprint density at radius 3 is 1.56 bits per heavy atom. The van der Waals surface area contributed by atoms with Crippen molar-refractivity contribution in [1.82, 2.24) is 0 Å². The minimum atomic E-state index is -0.306. The molecule has 0 aromatic carbocycles. The molecule has 3 rings (SSSR count). The van der Waals surface area contributed by atoms with Gasteiger partial charge in [0.1, 0.15) is 6.61 Å². The lowest BCUT2D eigenvalue weighted by Crippen LogP contribution is -2.18. The van der Waals surface area contributed by atoms with Crippen LogP contribution in [0.15, 0.2) is 4.99 Å². The number of rotatable bonds is 2. The standard InChI is InChI=1S/C6H12O2.C5H10O2.C4H7NO.6CH4/c1-2-3-6-7-4-5-8-6;1-5(2)6-3-4-7-5;1-4-5-2-3-6-4;;;;;;/h6H,2-5H2,1H3;3-4H2,1-2H3;2-3H2,1H3;6*1H4. The van der Waals surface area contributed by atoms with Crippen molar-refractivity contribution in [2.45, 2.75) is 97.2 Å². The molecule has 3 aliphatic heterocycles. The number of ether oxygens (including phenoxy) is 5. The molecule has 172 valence electrons. The van der Waals surface area contributed by atoms with Crippen molar-refractivity contribution in [3.63, 3.8) is 0 Å². The number of aliphatic imine (C=N–C) groups is 1. The van der Waals surface area contributed by atoms with Crippen molar-refractivity contribution in [3.05, 3.63) is 0 Å². The van der Waals surface area contributed by atoms with E-state index in [-0.39, 0.29) is 56.6 Å². The molecule has 27 heavy (non-hydrogen) atoms. The molecular weight excluding hydrogens is 346 g/mol. The Hall–Kier alpha value is -0.690. The maximum atomic E-state index is 5.17. The number of hydrogen-bond acceptors (Lipinski definition) is 6. The third-order valence-corrected chi connectivity index (χ3v) is 2.93. The molecule has 0 N–H and O–H groups in total. The lowest BCUT2D eigenvalue weighted by Gasteiger charge is -2.13. The van der Waals surface area contributed by atoms with Gasteiger partial charge < -0.3 is 23.7 Å². The van der Waals surface area contributed by atoms with Crippen LogP contribution in [0.1, 0.15) is 85.1 Å². The Morgan fingerprint density at radius 1 is 0.852 bits per heavy atom. The van der Waals surface area contributed by atoms with E-state index in [4.69, 9.17) is 23.7 Å². The van der Waals surface area contributed by atoms with Crippen LogP contribution in [0, 0.1) is 0 Å². The van der Waals surface area contributed by atoms with Gasteiger partial charge in [0.05, 0.1) is 33.0 Å². The summed E-state index contributed by atoms with van der Waals surface area (Å²) in [6.45, 7) is 12.5. The highest BCUT2D eigenvalue weighted by Crippen LogP contribution is 2.15. The van der Waals surface area contributed by atoms with Gasteiger partial charge in [0, 0.05) is 6.92 Å². The molecular formula is C21H53NO5. The molecule has 0 aromatic heterocycles. The van der Waals surface area contributed by atoms with E-state index in [1.807, 2.05) is 20.8 Å². The maximum absolute atomic E-state index is 5.17. The normalized spacial score (nSPS) is 18.3. The monoisotopic (exact) mass is 399 g/mol. The van der Waals surface area contributed by atoms with Crippen LogP contribution in [0.5, 0.6) is 0 Å². The first-order valence-electron chi connectivity index (χ1n) is 7.68. The van der Waals surface area contributed by atoms with Crippen LogP contribution in [-0.2, 0) is 23.7 Å². The Balaban J connectivity index is -0.0000000555. The molecule has 6 heteroatoms. The zero-order chi connectivity index (χ0) is 15.6. The van der Waals surface area contributed by atoms with E-state index in [0.717, 1.165) is 58.3 Å². The van der Waals surface area contributed by atoms with Crippen molar-refractivity contribution in [2.24, 2.45) is 4.99 Å². The first-order valence-corrected chi connectivity index (χ1v) is 7.68. The van der Waals surface area contributed by atoms with E-state index in [1.165, 1.54) is 0 Å². The smallest absolute Gasteiger partial charge is 0.180 e. The van der Waals surface area contributed by atoms with Gasteiger partial charge in [-0.25, -0.2) is 0 Å². The topological polar surface area (TPSA) is 58.5 Å². The van der Waals surface area contributed by atoms with Crippen LogP contribution < -0.4 is 0 Å². The Bertz CT molecular complexity index is 295. The minimum Gasteiger partial charge on any atom is -0.479 e. The summed E-state index contributed by atoms with van der Waals surface area (Å²) in [5, 5.41) is 0. The molecule has 0 atom stereocenters. The second kappa shape index (κ2) is 23.3. The third-order valence-electron chi connectivity index (χ3n) is 2.93. The molecule has 0 aliphatic carbocycles. The van der Waals surface area contributed by atoms with Crippen molar-refractivity contribution < 1.29 is 23.7 Å². The van der Waals surface area contributed by atoms with Gasteiger partial charge >= 0.3 is 0 Å². The lowest BCUT2D eigenvalue weighted by atomic mass is 10.3. The molecule has 0 spiro atoms. The summed E-state index contributed by atoms with van der Waals surface area (Å²) in [4.78, 5) is 3.93. The van der Waals surface area contributed by atoms with Gasteiger partial charge in [-0.1, -0.05) is 57.9 Å². The van der Waals surface area contributed by atoms with Crippen LogP contribution >= 0.6 is 0 Å². The Labute approximate surface area is 172 Å². The Morgan fingerprint density at radius 2 is 1.33 bits per heavy atom. The zero-order valence-corrected chi connectivity index (χ0v) is 13.7. The van der Waals surface area contributed by atoms with Crippen LogP contribution in [0.25, 0.3) is 0 Å². The van der Waals surface area contributed by atoms with E-state index < -0.39 is 0 Å². The minimum absolute atomic E-state index is 0. The van der Waals surface area contributed by atoms with Gasteiger partial charge in [-0.2, -0.15) is 0 Å². The van der Waals surface area contributed by atoms with Gasteiger partial charge in [0.25, 0.3) is 0 Å². The first kappa shape index (κ1) is 40.9. The van der Waals surface area contributed by atoms with Gasteiger partial charge in [0.15, 0.2) is 18.0 Å². The fraction of sp³-hybridized carbons (Fsp3) is 0.952. The number of nitrogens with zero attached hydrogens (tertiary/aromatic N) is 1. The van der Waals surface area contributed by atoms with E-state index in [9.17, 15) is 0 Å². The average molecular weight is 400 g/mol. The van der Waals surface area contributed by atoms with Crippen molar-refractivity contribution >= 4 is 5.90 Å². The fourth-order valence-electron chi connectivity index (χ4n) is 1.87. The molecule has 2 fully saturated rings. The molecule has 6 nitrogen and oxygen atoms in total. The molecule has 2 saturated heterocycles. The highest BCUT2D eigenvalue weighted by Gasteiger charge is 2.23. The molecule has 0 amide bonds. The third kappa shape index (κ3) is 21.5. The SMILES string of the molecule is C.C.C.C.C.C.CC1(C)OCCO1.CC1=NCCO1.CCCC1OCCO1. The van der Waals surface area contributed by atoms with E-state index in [0.29, 0.717) is 0 Å². The van der Waals surface area contributed by atoms with E-state index in [2.05, 4.69) is 11.9 Å². The largest absolute Gasteiger partial charge is 0.479 e. The summed E-state index contributed by atoms with van der Waals surface area (Å²) in [7, 11) is 0. The number of hydrogen-bond donors (Lipinski definition) is 0. The summed E-state index contributed by atoms with van der Waals surface area (Å²) in [5.74, 6) is 0.523. The van der Waals surface area contributed by atoms with Crippen molar-refractivity contribution in [1.29, 1.82) is 0 Å². The summed E-state index contributed by atoms with van der Waals surface area (Å²) in [6, 6.07) is 0. The molecule has 0 saturated carbocycles. The van der Waals surface area contributed by atoms with E-state index >= 15 is 0 Å². The zero-order valence-electron chi connectivity index (χ0n) is 13.7. The summed E-state index contributed by atoms with van der Waals surface area (Å²) in [6.07, 6.45) is 2.30. The van der Waals surface area contributed by atoms with Crippen LogP contribution in [-0.4, -0.2) is 57.6 Å². The van der Waals surface area contributed by atoms with Crippen LogP contribution in [0.2, 0.25) is 0 Å². The predicted octanol–water partition coefficient (Wildman–Crippen LogP) is 6.18. The van der Waals surface area contributed by atoms with Gasteiger partial charge in [-0.3, -0.25) is 4.99 Å². The van der Waals surface area contributed by atoms with Crippen LogP contribution in [0.4, 0.5) is 0 Å². The average Bonchev–Trinajstić information content (AvgIpc) is 3.15. The molecule has 0 bridgehead atoms. The molecule has 3 aliphatic rings.